The van der Waals surface area contributed by atoms with E-state index in [9.17, 15) is 9.59 Å². The third kappa shape index (κ3) is 6.18. The maximum absolute atomic E-state index is 12.1. The predicted octanol–water partition coefficient (Wildman–Crippen LogP) is 2.33. The van der Waals surface area contributed by atoms with Gasteiger partial charge in [-0.3, -0.25) is 25.8 Å². The van der Waals surface area contributed by atoms with Crippen molar-refractivity contribution in [3.63, 3.8) is 0 Å². The van der Waals surface area contributed by atoms with E-state index in [1.54, 1.807) is 18.2 Å². The molecule has 0 bridgehead atoms. The Bertz CT molecular complexity index is 816. The lowest BCUT2D eigenvalue weighted by molar-refractivity contribution is -0.123. The van der Waals surface area contributed by atoms with Gasteiger partial charge in [0.05, 0.1) is 0 Å². The van der Waals surface area contributed by atoms with Crippen LogP contribution in [0.1, 0.15) is 27.0 Å². The van der Waals surface area contributed by atoms with Crippen molar-refractivity contribution >= 4 is 29.1 Å². The summed E-state index contributed by atoms with van der Waals surface area (Å²) in [5, 5.41) is 2.49. The first kappa shape index (κ1) is 19.4. The number of hydrogen-bond donors (Lipinski definition) is 3. The molecule has 0 aliphatic heterocycles. The summed E-state index contributed by atoms with van der Waals surface area (Å²) in [6, 6.07) is 12.8. The highest BCUT2D eigenvalue weighted by atomic mass is 32.1. The van der Waals surface area contributed by atoms with Crippen LogP contribution in [0.15, 0.2) is 42.5 Å². The molecule has 2 amide bonds. The maximum Gasteiger partial charge on any atom is 0.276 e. The van der Waals surface area contributed by atoms with Crippen molar-refractivity contribution in [3.8, 4) is 5.75 Å². The zero-order chi connectivity index (χ0) is 19.1. The summed E-state index contributed by atoms with van der Waals surface area (Å²) in [6.45, 7) is 5.63. The fourth-order valence-electron chi connectivity index (χ4n) is 2.32. The van der Waals surface area contributed by atoms with Gasteiger partial charge in [0.15, 0.2) is 11.7 Å². The minimum absolute atomic E-state index is 0.00347. The van der Waals surface area contributed by atoms with Gasteiger partial charge in [0, 0.05) is 5.56 Å². The van der Waals surface area contributed by atoms with Gasteiger partial charge in [-0.15, -0.1) is 0 Å². The van der Waals surface area contributed by atoms with Crippen LogP contribution in [0.25, 0.3) is 0 Å². The first-order valence-electron chi connectivity index (χ1n) is 8.01. The standard InChI is InChI=1S/C19H21N3O3S/c1-12-5-4-6-15(8-12)18(24)20-19(26)22-21-17(23)11-25-16-9-13(2)7-14(3)10-16/h4-10H,11H2,1-3H3,(H,21,23)(H2,20,22,24,26). The highest BCUT2D eigenvalue weighted by Gasteiger charge is 2.09. The van der Waals surface area contributed by atoms with Crippen LogP contribution in [0, 0.1) is 20.8 Å². The van der Waals surface area contributed by atoms with Crippen molar-refractivity contribution in [1.82, 2.24) is 16.2 Å². The number of carbonyl (C=O) groups excluding carboxylic acids is 2. The molecule has 136 valence electrons. The molecule has 7 heteroatoms. The molecule has 2 aromatic carbocycles. The average Bonchev–Trinajstić information content (AvgIpc) is 2.57. The van der Waals surface area contributed by atoms with Gasteiger partial charge in [0.2, 0.25) is 0 Å². The van der Waals surface area contributed by atoms with Gasteiger partial charge < -0.3 is 4.74 Å². The molecule has 26 heavy (non-hydrogen) atoms. The van der Waals surface area contributed by atoms with E-state index in [0.717, 1.165) is 16.7 Å². The van der Waals surface area contributed by atoms with Gasteiger partial charge in [-0.2, -0.15) is 0 Å². The van der Waals surface area contributed by atoms with Crippen molar-refractivity contribution in [2.75, 3.05) is 6.61 Å². The zero-order valence-electron chi connectivity index (χ0n) is 14.9. The third-order valence-corrected chi connectivity index (χ3v) is 3.59. The third-order valence-electron chi connectivity index (χ3n) is 3.39. The molecule has 0 fully saturated rings. The Morgan fingerprint density at radius 1 is 0.962 bits per heavy atom. The largest absolute Gasteiger partial charge is 0.484 e. The van der Waals surface area contributed by atoms with Crippen LogP contribution in [0.4, 0.5) is 0 Å². The van der Waals surface area contributed by atoms with Crippen LogP contribution in [0.2, 0.25) is 0 Å². The van der Waals surface area contributed by atoms with Crippen molar-refractivity contribution in [2.24, 2.45) is 0 Å². The van der Waals surface area contributed by atoms with Gasteiger partial charge in [-0.1, -0.05) is 23.8 Å². The lowest BCUT2D eigenvalue weighted by atomic mass is 10.1. The molecule has 2 aromatic rings. The summed E-state index contributed by atoms with van der Waals surface area (Å²) in [4.78, 5) is 23.9. The van der Waals surface area contributed by atoms with Crippen LogP contribution in [-0.2, 0) is 4.79 Å². The number of nitrogens with one attached hydrogen (secondary N) is 3. The molecule has 0 heterocycles. The van der Waals surface area contributed by atoms with E-state index in [4.69, 9.17) is 17.0 Å². The zero-order valence-corrected chi connectivity index (χ0v) is 15.7. The van der Waals surface area contributed by atoms with Crippen LogP contribution in [0.5, 0.6) is 5.75 Å². The van der Waals surface area contributed by atoms with Crippen LogP contribution < -0.4 is 20.9 Å². The summed E-state index contributed by atoms with van der Waals surface area (Å²) < 4.78 is 5.44. The number of carbonyl (C=O) groups is 2. The highest BCUT2D eigenvalue weighted by Crippen LogP contribution is 2.15. The molecule has 0 aliphatic carbocycles. The molecule has 0 saturated heterocycles. The van der Waals surface area contributed by atoms with Crippen LogP contribution in [-0.4, -0.2) is 23.5 Å². The second kappa shape index (κ2) is 8.96. The number of hydrazine groups is 1. The Morgan fingerprint density at radius 3 is 2.31 bits per heavy atom. The van der Waals surface area contributed by atoms with Gasteiger partial charge >= 0.3 is 0 Å². The van der Waals surface area contributed by atoms with Crippen molar-refractivity contribution in [2.45, 2.75) is 20.8 Å². The van der Waals surface area contributed by atoms with Crippen LogP contribution >= 0.6 is 12.2 Å². The molecular formula is C19H21N3O3S. The molecule has 0 saturated carbocycles. The number of aryl methyl sites for hydroxylation is 3. The van der Waals surface area contributed by atoms with E-state index < -0.39 is 5.91 Å². The molecular weight excluding hydrogens is 350 g/mol. The number of thiocarbonyl (C=S) groups is 1. The SMILES string of the molecule is Cc1cc(C)cc(OCC(=O)NNC(=S)NC(=O)c2cccc(C)c2)c1. The normalized spacial score (nSPS) is 9.96. The quantitative estimate of drug-likeness (QED) is 0.568. The molecule has 0 spiro atoms. The maximum atomic E-state index is 12.1. The van der Waals surface area contributed by atoms with Gasteiger partial charge in [-0.25, -0.2) is 0 Å². The Labute approximate surface area is 157 Å². The molecule has 0 atom stereocenters. The molecule has 0 aliphatic rings. The van der Waals surface area contributed by atoms with Gasteiger partial charge in [0.25, 0.3) is 11.8 Å². The first-order valence-corrected chi connectivity index (χ1v) is 8.42. The summed E-state index contributed by atoms with van der Waals surface area (Å²) >= 11 is 4.99. The summed E-state index contributed by atoms with van der Waals surface area (Å²) in [5.74, 6) is -0.156. The smallest absolute Gasteiger partial charge is 0.276 e. The molecule has 0 unspecified atom stereocenters. The second-order valence-corrected chi connectivity index (χ2v) is 6.35. The molecule has 2 rings (SSSR count). The van der Waals surface area contributed by atoms with E-state index in [1.165, 1.54) is 0 Å². The summed E-state index contributed by atoms with van der Waals surface area (Å²) in [6.07, 6.45) is 0. The number of ether oxygens (including phenoxy) is 1. The topological polar surface area (TPSA) is 79.5 Å². The molecule has 0 radical (unpaired) electrons. The minimum Gasteiger partial charge on any atom is -0.484 e. The molecule has 3 N–H and O–H groups in total. The second-order valence-electron chi connectivity index (χ2n) is 5.94. The number of hydrogen-bond acceptors (Lipinski definition) is 4. The van der Waals surface area contributed by atoms with Gasteiger partial charge in [-0.05, 0) is 68.4 Å². The van der Waals surface area contributed by atoms with Crippen molar-refractivity contribution in [3.05, 3.63) is 64.7 Å². The average molecular weight is 371 g/mol. The number of rotatable bonds is 4. The minimum atomic E-state index is -0.420. The van der Waals surface area contributed by atoms with E-state index in [1.807, 2.05) is 45.0 Å². The monoisotopic (exact) mass is 371 g/mol. The Hall–Kier alpha value is -2.93. The molecule has 0 aromatic heterocycles. The van der Waals surface area contributed by atoms with Crippen molar-refractivity contribution < 1.29 is 14.3 Å². The van der Waals surface area contributed by atoms with E-state index >= 15 is 0 Å². The number of benzene rings is 2. The van der Waals surface area contributed by atoms with Crippen molar-refractivity contribution in [1.29, 1.82) is 0 Å². The Kier molecular flexibility index (Phi) is 6.68. The Morgan fingerprint density at radius 2 is 1.65 bits per heavy atom. The van der Waals surface area contributed by atoms with Crippen LogP contribution in [0.3, 0.4) is 0 Å². The van der Waals surface area contributed by atoms with E-state index in [2.05, 4.69) is 16.2 Å². The fraction of sp³-hybridized carbons (Fsp3) is 0.211. The Balaban J connectivity index is 1.76. The molecule has 6 nitrogen and oxygen atoms in total. The highest BCUT2D eigenvalue weighted by molar-refractivity contribution is 7.80. The van der Waals surface area contributed by atoms with Gasteiger partial charge in [0.1, 0.15) is 5.75 Å². The summed E-state index contributed by atoms with van der Waals surface area (Å²) in [5.41, 5.74) is 8.42. The fourth-order valence-corrected chi connectivity index (χ4v) is 2.46. The number of amides is 2. The lowest BCUT2D eigenvalue weighted by Gasteiger charge is -2.12. The lowest BCUT2D eigenvalue weighted by Crippen LogP contribution is -2.49. The predicted molar refractivity (Wildman–Crippen MR) is 104 cm³/mol. The summed E-state index contributed by atoms with van der Waals surface area (Å²) in [7, 11) is 0. The van der Waals surface area contributed by atoms with E-state index in [0.29, 0.717) is 11.3 Å². The van der Waals surface area contributed by atoms with E-state index in [-0.39, 0.29) is 17.6 Å². The first-order chi connectivity index (χ1) is 12.3.